The number of hydrogen-bond acceptors (Lipinski definition) is 7. The third-order valence-electron chi connectivity index (χ3n) is 5.23. The molecule has 0 spiro atoms. The quantitative estimate of drug-likeness (QED) is 0.476. The van der Waals surface area contributed by atoms with Crippen molar-refractivity contribution in [2.75, 3.05) is 32.2 Å². The normalized spacial score (nSPS) is 15.7. The molecule has 1 aliphatic rings. The molecule has 1 saturated heterocycles. The lowest BCUT2D eigenvalue weighted by molar-refractivity contribution is -0.155. The van der Waals surface area contributed by atoms with Gasteiger partial charge >= 0.3 is 12.1 Å². The maximum atomic E-state index is 13.1. The van der Waals surface area contributed by atoms with Crippen molar-refractivity contribution < 1.29 is 37.3 Å². The monoisotopic (exact) mass is 502 g/mol. The first-order valence-electron chi connectivity index (χ1n) is 10.1. The minimum Gasteiger partial charge on any atom is -0.495 e. The highest BCUT2D eigenvalue weighted by molar-refractivity contribution is 6.33. The summed E-state index contributed by atoms with van der Waals surface area (Å²) in [5.41, 5.74) is -1.60. The van der Waals surface area contributed by atoms with Gasteiger partial charge in [-0.25, -0.2) is 9.97 Å². The molecule has 0 bridgehead atoms. The Hall–Kier alpha value is -3.12. The topological polar surface area (TPSA) is 123 Å². The summed E-state index contributed by atoms with van der Waals surface area (Å²) in [6.45, 7) is 2.12. The molecule has 3 heterocycles. The van der Waals surface area contributed by atoms with Gasteiger partial charge in [-0.3, -0.25) is 9.59 Å². The molecular formula is C21H22ClF3N4O5. The minimum atomic E-state index is -4.62. The molecule has 0 unspecified atom stereocenters. The number of aliphatic carboxylic acids is 1. The maximum absolute atomic E-state index is 13.1. The number of carbonyl (C=O) groups excluding carboxylic acids is 1. The van der Waals surface area contributed by atoms with E-state index < -0.39 is 35.2 Å². The van der Waals surface area contributed by atoms with Crippen molar-refractivity contribution in [3.8, 4) is 5.75 Å². The molecule has 13 heteroatoms. The average Bonchev–Trinajstić information content (AvgIpc) is 2.75. The first-order valence-corrected chi connectivity index (χ1v) is 10.4. The van der Waals surface area contributed by atoms with Gasteiger partial charge in [0.2, 0.25) is 0 Å². The van der Waals surface area contributed by atoms with Gasteiger partial charge in [0, 0.05) is 18.2 Å². The summed E-state index contributed by atoms with van der Waals surface area (Å²) in [6, 6.07) is 2.58. The van der Waals surface area contributed by atoms with Gasteiger partial charge in [0.15, 0.2) is 0 Å². The van der Waals surface area contributed by atoms with Crippen LogP contribution in [0.2, 0.25) is 5.02 Å². The Labute approximate surface area is 197 Å². The van der Waals surface area contributed by atoms with Gasteiger partial charge < -0.3 is 25.2 Å². The van der Waals surface area contributed by atoms with Crippen LogP contribution in [-0.4, -0.2) is 53.8 Å². The molecule has 184 valence electrons. The summed E-state index contributed by atoms with van der Waals surface area (Å²) >= 11 is 6.25. The number of anilines is 1. The lowest BCUT2D eigenvalue weighted by atomic mass is 9.82. The van der Waals surface area contributed by atoms with Crippen LogP contribution in [0, 0.1) is 5.41 Å². The van der Waals surface area contributed by atoms with Crippen molar-refractivity contribution in [1.82, 2.24) is 15.3 Å². The molecule has 0 aliphatic carbocycles. The van der Waals surface area contributed by atoms with Gasteiger partial charge in [-0.2, -0.15) is 13.2 Å². The fraction of sp³-hybridized carbons (Fsp3) is 0.429. The molecule has 2 aromatic rings. The van der Waals surface area contributed by atoms with E-state index >= 15 is 0 Å². The van der Waals surface area contributed by atoms with Crippen molar-refractivity contribution in [3.63, 3.8) is 0 Å². The second kappa shape index (κ2) is 10.0. The van der Waals surface area contributed by atoms with Crippen LogP contribution in [0.5, 0.6) is 5.75 Å². The number of methoxy groups -OCH3 is 1. The first-order chi connectivity index (χ1) is 15.9. The highest BCUT2D eigenvalue weighted by Gasteiger charge is 2.41. The lowest BCUT2D eigenvalue weighted by Gasteiger charge is -2.40. The standard InChI is InChI=1S/C21H22ClF3N4O5/c1-11(17-14(33-2)3-4-15(29-17)21(23,24)25)28-18-13(22)5-12(7-26-18)19(32)27-8-20(6-16(30)31)9-34-10-20/h3-5,7,11H,6,8-10H2,1-2H3,(H,26,28)(H,27,32)(H,30,31)/t11-/m0/s1. The minimum absolute atomic E-state index is 0.00320. The smallest absolute Gasteiger partial charge is 0.433 e. The Balaban J connectivity index is 1.71. The molecular weight excluding hydrogens is 481 g/mol. The van der Waals surface area contributed by atoms with Crippen LogP contribution < -0.4 is 15.4 Å². The SMILES string of the molecule is COc1ccc(C(F)(F)F)nc1[C@H](C)Nc1ncc(C(=O)NCC2(CC(=O)O)COC2)cc1Cl. The average molecular weight is 503 g/mol. The number of carbonyl (C=O) groups is 2. The Bertz CT molecular complexity index is 1080. The number of carboxylic acid groups (broad SMARTS) is 1. The second-order valence-electron chi connectivity index (χ2n) is 7.95. The van der Waals surface area contributed by atoms with E-state index in [0.29, 0.717) is 0 Å². The Morgan fingerprint density at radius 3 is 2.59 bits per heavy atom. The predicted molar refractivity (Wildman–Crippen MR) is 115 cm³/mol. The highest BCUT2D eigenvalue weighted by atomic mass is 35.5. The summed E-state index contributed by atoms with van der Waals surface area (Å²) in [5, 5.41) is 14.6. The Kier molecular flexibility index (Phi) is 7.51. The molecule has 1 fully saturated rings. The number of halogens is 4. The molecule has 1 aliphatic heterocycles. The fourth-order valence-electron chi connectivity index (χ4n) is 3.39. The molecule has 1 atom stereocenters. The Morgan fingerprint density at radius 1 is 1.35 bits per heavy atom. The van der Waals surface area contributed by atoms with E-state index in [-0.39, 0.29) is 54.0 Å². The summed E-state index contributed by atoms with van der Waals surface area (Å²) in [5.74, 6) is -1.22. The number of amides is 1. The van der Waals surface area contributed by atoms with Crippen molar-refractivity contribution in [1.29, 1.82) is 0 Å². The van der Waals surface area contributed by atoms with Crippen LogP contribution >= 0.6 is 11.6 Å². The summed E-state index contributed by atoms with van der Waals surface area (Å²) < 4.78 is 49.4. The van der Waals surface area contributed by atoms with Gasteiger partial charge in [-0.05, 0) is 25.1 Å². The van der Waals surface area contributed by atoms with E-state index in [2.05, 4.69) is 20.6 Å². The van der Waals surface area contributed by atoms with E-state index in [1.165, 1.54) is 25.4 Å². The summed E-state index contributed by atoms with van der Waals surface area (Å²) in [4.78, 5) is 31.3. The van der Waals surface area contributed by atoms with E-state index in [1.807, 2.05) is 0 Å². The maximum Gasteiger partial charge on any atom is 0.433 e. The van der Waals surface area contributed by atoms with Crippen molar-refractivity contribution >= 4 is 29.3 Å². The van der Waals surface area contributed by atoms with Gasteiger partial charge in [0.05, 0.1) is 43.4 Å². The molecule has 3 rings (SSSR count). The van der Waals surface area contributed by atoms with Gasteiger partial charge in [-0.15, -0.1) is 0 Å². The number of carboxylic acids is 1. The summed E-state index contributed by atoms with van der Waals surface area (Å²) in [7, 11) is 1.31. The van der Waals surface area contributed by atoms with Gasteiger partial charge in [0.25, 0.3) is 5.91 Å². The number of aromatic nitrogens is 2. The van der Waals surface area contributed by atoms with Crippen molar-refractivity contribution in [3.05, 3.63) is 46.4 Å². The zero-order chi connectivity index (χ0) is 25.1. The highest BCUT2D eigenvalue weighted by Crippen LogP contribution is 2.34. The van der Waals surface area contributed by atoms with Crippen LogP contribution in [0.15, 0.2) is 24.4 Å². The number of pyridine rings is 2. The van der Waals surface area contributed by atoms with Crippen LogP contribution in [0.4, 0.5) is 19.0 Å². The van der Waals surface area contributed by atoms with Crippen LogP contribution in [0.1, 0.15) is 41.1 Å². The second-order valence-corrected chi connectivity index (χ2v) is 8.36. The van der Waals surface area contributed by atoms with E-state index in [9.17, 15) is 22.8 Å². The molecule has 34 heavy (non-hydrogen) atoms. The van der Waals surface area contributed by atoms with Gasteiger partial charge in [0.1, 0.15) is 23.0 Å². The van der Waals surface area contributed by atoms with Crippen LogP contribution in [0.3, 0.4) is 0 Å². The Morgan fingerprint density at radius 2 is 2.06 bits per heavy atom. The van der Waals surface area contributed by atoms with Crippen molar-refractivity contribution in [2.45, 2.75) is 25.6 Å². The number of alkyl halides is 3. The third kappa shape index (κ3) is 5.86. The number of hydrogen-bond donors (Lipinski definition) is 3. The zero-order valence-electron chi connectivity index (χ0n) is 18.2. The predicted octanol–water partition coefficient (Wildman–Crippen LogP) is 3.55. The van der Waals surface area contributed by atoms with Crippen LogP contribution in [0.25, 0.3) is 0 Å². The number of ether oxygens (including phenoxy) is 2. The van der Waals surface area contributed by atoms with Crippen LogP contribution in [-0.2, 0) is 15.7 Å². The molecule has 3 N–H and O–H groups in total. The number of nitrogens with one attached hydrogen (secondary N) is 2. The summed E-state index contributed by atoms with van der Waals surface area (Å²) in [6.07, 6.45) is -3.52. The molecule has 0 radical (unpaired) electrons. The van der Waals surface area contributed by atoms with E-state index in [1.54, 1.807) is 6.92 Å². The van der Waals surface area contributed by atoms with E-state index in [4.69, 9.17) is 26.2 Å². The molecule has 0 aromatic carbocycles. The van der Waals surface area contributed by atoms with Gasteiger partial charge in [-0.1, -0.05) is 11.6 Å². The fourth-order valence-corrected chi connectivity index (χ4v) is 3.61. The van der Waals surface area contributed by atoms with Crippen molar-refractivity contribution in [2.24, 2.45) is 5.41 Å². The third-order valence-corrected chi connectivity index (χ3v) is 5.52. The largest absolute Gasteiger partial charge is 0.495 e. The first kappa shape index (κ1) is 25.5. The molecule has 2 aromatic heterocycles. The zero-order valence-corrected chi connectivity index (χ0v) is 19.0. The molecule has 9 nitrogen and oxygen atoms in total. The molecule has 0 saturated carbocycles. The lowest BCUT2D eigenvalue weighted by Crippen LogP contribution is -2.52. The molecule has 1 amide bonds. The number of rotatable bonds is 9. The number of nitrogens with zero attached hydrogens (tertiary/aromatic N) is 2. The van der Waals surface area contributed by atoms with E-state index in [0.717, 1.165) is 6.07 Å².